The molecule has 0 radical (unpaired) electrons. The first-order valence-corrected chi connectivity index (χ1v) is 17.6. The molecule has 8 rings (SSSR count). The summed E-state index contributed by atoms with van der Waals surface area (Å²) in [7, 11) is 0. The van der Waals surface area contributed by atoms with Gasteiger partial charge in [-0.2, -0.15) is 5.26 Å². The van der Waals surface area contributed by atoms with Crippen molar-refractivity contribution in [3.63, 3.8) is 0 Å². The van der Waals surface area contributed by atoms with Gasteiger partial charge in [0.05, 0.1) is 22.4 Å². The molecule has 3 aromatic heterocycles. The van der Waals surface area contributed by atoms with E-state index in [-0.39, 0.29) is 6.10 Å². The summed E-state index contributed by atoms with van der Waals surface area (Å²) >= 11 is 7.13. The smallest absolute Gasteiger partial charge is 0.227 e. The molecule has 6 aromatic rings. The van der Waals surface area contributed by atoms with Gasteiger partial charge < -0.3 is 14.8 Å². The van der Waals surface area contributed by atoms with Gasteiger partial charge in [-0.05, 0) is 90.9 Å². The maximum absolute atomic E-state index is 9.99. The van der Waals surface area contributed by atoms with Crippen molar-refractivity contribution in [2.24, 2.45) is 5.92 Å². The Morgan fingerprint density at radius 2 is 1.74 bits per heavy atom. The number of β-amino-alcohol motifs (C(OH)–C–C–N with tert-alkyl or cyclic N) is 1. The van der Waals surface area contributed by atoms with Gasteiger partial charge in [0.1, 0.15) is 17.1 Å². The summed E-state index contributed by atoms with van der Waals surface area (Å²) in [6.45, 7) is 9.58. The van der Waals surface area contributed by atoms with E-state index >= 15 is 0 Å². The van der Waals surface area contributed by atoms with Crippen LogP contribution in [0, 0.1) is 24.2 Å². The molecule has 0 aliphatic carbocycles. The number of rotatable bonds is 8. The monoisotopic (exact) mass is 683 g/mol. The van der Waals surface area contributed by atoms with Gasteiger partial charge in [0.2, 0.25) is 5.89 Å². The molecule has 2 fully saturated rings. The second-order valence-corrected chi connectivity index (χ2v) is 14.2. The van der Waals surface area contributed by atoms with Crippen LogP contribution in [0.4, 0.5) is 11.5 Å². The summed E-state index contributed by atoms with van der Waals surface area (Å²) in [5.74, 6) is 1.78. The van der Waals surface area contributed by atoms with E-state index in [9.17, 15) is 10.4 Å². The van der Waals surface area contributed by atoms with Crippen molar-refractivity contribution in [2.45, 2.75) is 45.9 Å². The minimum atomic E-state index is -0.253. The number of anilines is 2. The van der Waals surface area contributed by atoms with E-state index < -0.39 is 0 Å². The van der Waals surface area contributed by atoms with Gasteiger partial charge >= 0.3 is 0 Å². The van der Waals surface area contributed by atoms with Gasteiger partial charge in [-0.1, -0.05) is 42.8 Å². The number of likely N-dealkylation sites (tertiary alicyclic amines) is 2. The van der Waals surface area contributed by atoms with Crippen LogP contribution in [0.15, 0.2) is 77.5 Å². The zero-order valence-electron chi connectivity index (χ0n) is 28.2. The van der Waals surface area contributed by atoms with Crippen molar-refractivity contribution in [1.29, 1.82) is 5.26 Å². The largest absolute Gasteiger partial charge is 0.435 e. The molecule has 0 unspecified atom stereocenters. The van der Waals surface area contributed by atoms with Crippen LogP contribution in [0.25, 0.3) is 44.6 Å². The topological polar surface area (TPSA) is 114 Å². The minimum absolute atomic E-state index is 0.253. The summed E-state index contributed by atoms with van der Waals surface area (Å²) in [6.07, 6.45) is 5.41. The molecule has 0 bridgehead atoms. The van der Waals surface area contributed by atoms with Crippen LogP contribution >= 0.6 is 11.6 Å². The Kier molecular flexibility index (Phi) is 8.71. The predicted octanol–water partition coefficient (Wildman–Crippen LogP) is 8.09. The second-order valence-electron chi connectivity index (χ2n) is 13.8. The van der Waals surface area contributed by atoms with Gasteiger partial charge in [-0.15, -0.1) is 0 Å². The van der Waals surface area contributed by atoms with E-state index in [1.165, 1.54) is 6.42 Å². The van der Waals surface area contributed by atoms with E-state index in [1.54, 1.807) is 6.20 Å². The molecule has 2 aliphatic rings. The molecule has 3 aromatic carbocycles. The van der Waals surface area contributed by atoms with E-state index in [0.29, 0.717) is 51.5 Å². The Morgan fingerprint density at radius 1 is 0.960 bits per heavy atom. The van der Waals surface area contributed by atoms with Crippen molar-refractivity contribution >= 4 is 45.1 Å². The highest BCUT2D eigenvalue weighted by Crippen LogP contribution is 2.40. The first-order chi connectivity index (χ1) is 24.3. The average molecular weight is 684 g/mol. The summed E-state index contributed by atoms with van der Waals surface area (Å²) < 4.78 is 6.29. The van der Waals surface area contributed by atoms with Crippen LogP contribution in [0.1, 0.15) is 42.0 Å². The number of fused-ring (bicyclic) bond motifs is 2. The van der Waals surface area contributed by atoms with Gasteiger partial charge in [0, 0.05) is 61.6 Å². The third-order valence-electron chi connectivity index (χ3n) is 10.0. The molecule has 5 heterocycles. The van der Waals surface area contributed by atoms with Gasteiger partial charge in [0.15, 0.2) is 11.4 Å². The summed E-state index contributed by atoms with van der Waals surface area (Å²) in [4.78, 5) is 19.0. The van der Waals surface area contributed by atoms with Gasteiger partial charge in [-0.25, -0.2) is 9.97 Å². The molecule has 0 saturated carbocycles. The fourth-order valence-corrected chi connectivity index (χ4v) is 7.70. The number of aromatic nitrogens is 3. The summed E-state index contributed by atoms with van der Waals surface area (Å²) in [5, 5.41) is 24.9. The molecular weight excluding hydrogens is 646 g/mol. The fraction of sp³-hybridized carbons (Fsp3) is 0.300. The van der Waals surface area contributed by atoms with Crippen LogP contribution in [-0.4, -0.2) is 62.1 Å². The molecule has 2 atom stereocenters. The number of aliphatic hydroxyl groups is 1. The fourth-order valence-electron chi connectivity index (χ4n) is 7.43. The quantitative estimate of drug-likeness (QED) is 0.164. The molecule has 0 spiro atoms. The standard InChI is InChI=1S/C40H38ClN7O2/c1-24-10-13-47(20-24)21-26-15-29(18-42)38-35(17-26)46-40(50-38)32-6-3-5-31(25(32)2)33-7-4-8-34(36(33)41)45-39-37-28(9-12-43-39)16-27(19-44-37)22-48-14-11-30(49)23-48/h3-9,12,15-17,19,24,30,49H,10-11,13-14,20-23H2,1-2H3,(H,43,45)/t24-,30+/m1/s1. The van der Waals surface area contributed by atoms with E-state index in [4.69, 9.17) is 26.0 Å². The normalized spacial score (nSPS) is 18.3. The third kappa shape index (κ3) is 6.32. The van der Waals surface area contributed by atoms with Crippen molar-refractivity contribution in [1.82, 2.24) is 24.8 Å². The lowest BCUT2D eigenvalue weighted by Gasteiger charge is -2.16. The average Bonchev–Trinajstić information content (AvgIpc) is 3.85. The van der Waals surface area contributed by atoms with Gasteiger partial charge in [-0.3, -0.25) is 14.8 Å². The molecule has 252 valence electrons. The van der Waals surface area contributed by atoms with Crippen molar-refractivity contribution in [3.8, 4) is 28.7 Å². The molecule has 9 nitrogen and oxygen atoms in total. The van der Waals surface area contributed by atoms with E-state index in [2.05, 4.69) is 39.2 Å². The summed E-state index contributed by atoms with van der Waals surface area (Å²) in [6, 6.07) is 22.3. The SMILES string of the molecule is Cc1c(-c2nc3cc(CN4CC[C@@H](C)C4)cc(C#N)c3o2)cccc1-c1cccc(Nc2nccc3cc(CN4CC[C@H](O)C4)cnc23)c1Cl. The molecule has 2 N–H and O–H groups in total. The minimum Gasteiger partial charge on any atom is -0.435 e. The second kappa shape index (κ2) is 13.5. The third-order valence-corrected chi connectivity index (χ3v) is 10.4. The number of aliphatic hydroxyl groups excluding tert-OH is 1. The lowest BCUT2D eigenvalue weighted by molar-refractivity contribution is 0.175. The van der Waals surface area contributed by atoms with Crippen LogP contribution in [0.5, 0.6) is 0 Å². The number of hydrogen-bond donors (Lipinski definition) is 2. The van der Waals surface area contributed by atoms with Crippen LogP contribution in [0.3, 0.4) is 0 Å². The molecule has 0 amide bonds. The Labute approximate surface area is 296 Å². The Bertz CT molecular complexity index is 2280. The highest BCUT2D eigenvalue weighted by atomic mass is 35.5. The van der Waals surface area contributed by atoms with Crippen LogP contribution in [0.2, 0.25) is 5.02 Å². The zero-order chi connectivity index (χ0) is 34.4. The molecular formula is C40H38ClN7O2. The first kappa shape index (κ1) is 32.4. The number of nitrogens with zero attached hydrogens (tertiary/aromatic N) is 6. The molecule has 2 aliphatic heterocycles. The number of halogens is 1. The Hall–Kier alpha value is -4.85. The molecule has 10 heteroatoms. The van der Waals surface area contributed by atoms with Crippen molar-refractivity contribution in [3.05, 3.63) is 100 Å². The predicted molar refractivity (Wildman–Crippen MR) is 197 cm³/mol. The van der Waals surface area contributed by atoms with E-state index in [0.717, 1.165) is 83.4 Å². The lowest BCUT2D eigenvalue weighted by Crippen LogP contribution is -2.21. The van der Waals surface area contributed by atoms with Crippen molar-refractivity contribution < 1.29 is 9.52 Å². The maximum Gasteiger partial charge on any atom is 0.227 e. The Balaban J connectivity index is 1.08. The number of hydrogen-bond acceptors (Lipinski definition) is 9. The summed E-state index contributed by atoms with van der Waals surface area (Å²) in [5.41, 5.74) is 8.94. The van der Waals surface area contributed by atoms with Crippen LogP contribution < -0.4 is 5.32 Å². The number of oxazole rings is 1. The number of nitriles is 1. The highest BCUT2D eigenvalue weighted by molar-refractivity contribution is 6.36. The van der Waals surface area contributed by atoms with Crippen LogP contribution in [-0.2, 0) is 13.1 Å². The first-order valence-electron chi connectivity index (χ1n) is 17.2. The van der Waals surface area contributed by atoms with Gasteiger partial charge in [0.25, 0.3) is 0 Å². The van der Waals surface area contributed by atoms with E-state index in [1.807, 2.05) is 67.7 Å². The zero-order valence-corrected chi connectivity index (χ0v) is 28.9. The highest BCUT2D eigenvalue weighted by Gasteiger charge is 2.23. The number of benzene rings is 3. The molecule has 2 saturated heterocycles. The number of nitrogens with one attached hydrogen (secondary N) is 1. The lowest BCUT2D eigenvalue weighted by atomic mass is 9.96. The maximum atomic E-state index is 9.99. The van der Waals surface area contributed by atoms with Crippen molar-refractivity contribution in [2.75, 3.05) is 31.5 Å². The number of pyridine rings is 2. The molecule has 50 heavy (non-hydrogen) atoms. The Morgan fingerprint density at radius 3 is 2.54 bits per heavy atom.